The van der Waals surface area contributed by atoms with Crippen LogP contribution in [0.25, 0.3) is 11.3 Å². The molecule has 29 heavy (non-hydrogen) atoms. The highest BCUT2D eigenvalue weighted by atomic mass is 35.5. The first-order valence-corrected chi connectivity index (χ1v) is 9.43. The number of hydrogen-bond acceptors (Lipinski definition) is 7. The van der Waals surface area contributed by atoms with E-state index in [0.29, 0.717) is 28.5 Å². The molecule has 4 aromatic rings. The summed E-state index contributed by atoms with van der Waals surface area (Å²) in [5.74, 6) is 0.819. The highest BCUT2D eigenvalue weighted by Gasteiger charge is 2.16. The van der Waals surface area contributed by atoms with Crippen molar-refractivity contribution >= 4 is 23.2 Å². The minimum absolute atomic E-state index is 0.00276. The number of benzene rings is 1. The Labute approximate surface area is 174 Å². The summed E-state index contributed by atoms with van der Waals surface area (Å²) >= 11 is 12.1. The van der Waals surface area contributed by atoms with Gasteiger partial charge in [-0.3, -0.25) is 9.48 Å². The largest absolute Gasteiger partial charge is 0.337 e. The number of aromatic nitrogens is 7. The number of hydrogen-bond donors (Lipinski definition) is 0. The predicted octanol–water partition coefficient (Wildman–Crippen LogP) is 2.56. The van der Waals surface area contributed by atoms with Gasteiger partial charge in [-0.15, -0.1) is 5.10 Å². The van der Waals surface area contributed by atoms with Crippen LogP contribution >= 0.6 is 23.2 Å². The van der Waals surface area contributed by atoms with E-state index in [1.54, 1.807) is 13.2 Å². The molecule has 0 atom stereocenters. The first kappa shape index (κ1) is 19.3. The van der Waals surface area contributed by atoms with Crippen LogP contribution in [0.3, 0.4) is 0 Å². The summed E-state index contributed by atoms with van der Waals surface area (Å²) in [7, 11) is 1.72. The van der Waals surface area contributed by atoms with Crippen LogP contribution in [-0.2, 0) is 26.4 Å². The maximum Gasteiger partial charge on any atom is 0.286 e. The average Bonchev–Trinajstić information content (AvgIpc) is 3.34. The van der Waals surface area contributed by atoms with Crippen LogP contribution in [0.15, 0.2) is 46.0 Å². The molecule has 0 aliphatic heterocycles. The van der Waals surface area contributed by atoms with Gasteiger partial charge in [0, 0.05) is 24.1 Å². The Balaban J connectivity index is 1.46. The number of halogens is 2. The molecule has 148 valence electrons. The van der Waals surface area contributed by atoms with E-state index in [2.05, 4.69) is 25.6 Å². The molecule has 1 aromatic carbocycles. The van der Waals surface area contributed by atoms with E-state index in [1.807, 2.05) is 24.3 Å². The molecule has 0 radical (unpaired) electrons. The fraction of sp³-hybridized carbons (Fsp3) is 0.222. The molecule has 3 heterocycles. The second-order valence-electron chi connectivity index (χ2n) is 6.34. The summed E-state index contributed by atoms with van der Waals surface area (Å²) in [4.78, 5) is 16.9. The van der Waals surface area contributed by atoms with Gasteiger partial charge in [-0.05, 0) is 24.1 Å². The van der Waals surface area contributed by atoms with Gasteiger partial charge in [-0.2, -0.15) is 10.1 Å². The zero-order chi connectivity index (χ0) is 20.4. The first-order valence-electron chi connectivity index (χ1n) is 8.68. The summed E-state index contributed by atoms with van der Waals surface area (Å²) in [6, 6.07) is 7.58. The number of rotatable bonds is 6. The molecule has 0 saturated carbocycles. The van der Waals surface area contributed by atoms with Gasteiger partial charge < -0.3 is 4.52 Å². The van der Waals surface area contributed by atoms with Gasteiger partial charge in [-0.25, -0.2) is 4.68 Å². The first-order chi connectivity index (χ1) is 14.0. The summed E-state index contributed by atoms with van der Waals surface area (Å²) in [5, 5.41) is 16.6. The summed E-state index contributed by atoms with van der Waals surface area (Å²) in [6.07, 6.45) is 4.45. The molecule has 0 unspecified atom stereocenters. The molecule has 0 aliphatic carbocycles. The normalized spacial score (nSPS) is 11.1. The van der Waals surface area contributed by atoms with Crippen molar-refractivity contribution < 1.29 is 4.52 Å². The highest BCUT2D eigenvalue weighted by Crippen LogP contribution is 2.21. The van der Waals surface area contributed by atoms with Crippen molar-refractivity contribution in [3.63, 3.8) is 0 Å². The van der Waals surface area contributed by atoms with Gasteiger partial charge in [0.25, 0.3) is 5.56 Å². The van der Waals surface area contributed by atoms with E-state index >= 15 is 0 Å². The molecule has 0 fully saturated rings. The predicted molar refractivity (Wildman–Crippen MR) is 106 cm³/mol. The third-order valence-electron chi connectivity index (χ3n) is 4.21. The van der Waals surface area contributed by atoms with Crippen LogP contribution in [0.5, 0.6) is 0 Å². The molecule has 0 spiro atoms. The Morgan fingerprint density at radius 3 is 2.66 bits per heavy atom. The molecular weight excluding hydrogens is 417 g/mol. The maximum atomic E-state index is 12.5. The van der Waals surface area contributed by atoms with Crippen molar-refractivity contribution in [2.75, 3.05) is 0 Å². The molecule has 3 aromatic heterocycles. The average molecular weight is 432 g/mol. The molecule has 0 saturated heterocycles. The van der Waals surface area contributed by atoms with E-state index in [4.69, 9.17) is 27.7 Å². The third kappa shape index (κ3) is 4.36. The lowest BCUT2D eigenvalue weighted by Crippen LogP contribution is -2.24. The van der Waals surface area contributed by atoms with E-state index < -0.39 is 5.56 Å². The Kier molecular flexibility index (Phi) is 5.41. The van der Waals surface area contributed by atoms with E-state index in [1.165, 1.54) is 15.6 Å². The third-order valence-corrected chi connectivity index (χ3v) is 4.83. The lowest BCUT2D eigenvalue weighted by atomic mass is 10.1. The second-order valence-corrected chi connectivity index (χ2v) is 7.16. The Hall–Kier alpha value is -3.04. The molecule has 9 nitrogen and oxygen atoms in total. The van der Waals surface area contributed by atoms with Crippen LogP contribution in [-0.4, -0.2) is 34.9 Å². The summed E-state index contributed by atoms with van der Waals surface area (Å²) < 4.78 is 7.92. The monoisotopic (exact) mass is 431 g/mol. The van der Waals surface area contributed by atoms with Gasteiger partial charge in [-0.1, -0.05) is 45.7 Å². The van der Waals surface area contributed by atoms with Crippen LogP contribution < -0.4 is 5.56 Å². The number of aryl methyl sites for hydroxylation is 3. The van der Waals surface area contributed by atoms with Crippen molar-refractivity contribution in [1.82, 2.24) is 34.9 Å². The number of nitrogens with zero attached hydrogens (tertiary/aromatic N) is 7. The molecule has 11 heteroatoms. The van der Waals surface area contributed by atoms with Crippen molar-refractivity contribution in [1.29, 1.82) is 0 Å². The van der Waals surface area contributed by atoms with Crippen molar-refractivity contribution in [3.8, 4) is 11.3 Å². The second kappa shape index (κ2) is 8.14. The molecule has 0 amide bonds. The minimum Gasteiger partial charge on any atom is -0.337 e. The zero-order valence-electron chi connectivity index (χ0n) is 15.3. The van der Waals surface area contributed by atoms with E-state index in [0.717, 1.165) is 12.0 Å². The standard InChI is InChI=1S/C18H15Cl2N7O2/c1-26-9-14(23-25-26)13-8-21-27(18(28)17(13)20)10-16-22-15(24-29-16)7-4-11-2-5-12(19)6-3-11/h2-3,5-6,8-9H,4,7,10H2,1H3. The summed E-state index contributed by atoms with van der Waals surface area (Å²) in [5.41, 5.74) is 1.52. The van der Waals surface area contributed by atoms with Crippen LogP contribution in [0.2, 0.25) is 10.0 Å². The quantitative estimate of drug-likeness (QED) is 0.461. The SMILES string of the molecule is Cn1cc(-c2cnn(Cc3nc(CCc4ccc(Cl)cc4)no3)c(=O)c2Cl)nn1. The molecule has 0 N–H and O–H groups in total. The minimum atomic E-state index is -0.476. The molecule has 0 bridgehead atoms. The van der Waals surface area contributed by atoms with Gasteiger partial charge in [0.05, 0.1) is 12.4 Å². The van der Waals surface area contributed by atoms with E-state index in [9.17, 15) is 4.79 Å². The fourth-order valence-corrected chi connectivity index (χ4v) is 3.09. The van der Waals surface area contributed by atoms with Gasteiger partial charge >= 0.3 is 0 Å². The molecular formula is C18H15Cl2N7O2. The Morgan fingerprint density at radius 1 is 1.14 bits per heavy atom. The van der Waals surface area contributed by atoms with Crippen molar-refractivity contribution in [2.24, 2.45) is 7.05 Å². The Morgan fingerprint density at radius 2 is 1.93 bits per heavy atom. The lowest BCUT2D eigenvalue weighted by Gasteiger charge is -2.04. The highest BCUT2D eigenvalue weighted by molar-refractivity contribution is 6.33. The smallest absolute Gasteiger partial charge is 0.286 e. The fourth-order valence-electron chi connectivity index (χ4n) is 2.72. The van der Waals surface area contributed by atoms with Crippen molar-refractivity contribution in [3.05, 3.63) is 74.3 Å². The summed E-state index contributed by atoms with van der Waals surface area (Å²) in [6.45, 7) is 0.0211. The van der Waals surface area contributed by atoms with Crippen LogP contribution in [0.1, 0.15) is 17.3 Å². The maximum absolute atomic E-state index is 12.5. The topological polar surface area (TPSA) is 105 Å². The van der Waals surface area contributed by atoms with E-state index in [-0.39, 0.29) is 17.5 Å². The van der Waals surface area contributed by atoms with Gasteiger partial charge in [0.2, 0.25) is 5.89 Å². The van der Waals surface area contributed by atoms with Crippen LogP contribution in [0, 0.1) is 0 Å². The van der Waals surface area contributed by atoms with Crippen LogP contribution in [0.4, 0.5) is 0 Å². The lowest BCUT2D eigenvalue weighted by molar-refractivity contribution is 0.358. The van der Waals surface area contributed by atoms with Gasteiger partial charge in [0.1, 0.15) is 17.3 Å². The van der Waals surface area contributed by atoms with Crippen molar-refractivity contribution in [2.45, 2.75) is 19.4 Å². The van der Waals surface area contributed by atoms with Gasteiger partial charge in [0.15, 0.2) is 5.82 Å². The zero-order valence-corrected chi connectivity index (χ0v) is 16.8. The Bertz CT molecular complexity index is 1200. The molecule has 4 rings (SSSR count). The molecule has 0 aliphatic rings.